The summed E-state index contributed by atoms with van der Waals surface area (Å²) < 4.78 is 13.0. The number of benzene rings is 3. The first-order chi connectivity index (χ1) is 14.9. The SMILES string of the molecule is Cc1ccc2c(N[C@@H](C)c3ccc(NC(=O)c4ccc(F)cc4)cc3)nc(Cl)nc2c1. The Morgan fingerprint density at radius 3 is 2.42 bits per heavy atom. The number of carbonyl (C=O) groups excluding carboxylic acids is 1. The van der Waals surface area contributed by atoms with E-state index in [0.717, 1.165) is 22.0 Å². The van der Waals surface area contributed by atoms with E-state index >= 15 is 0 Å². The molecule has 0 fully saturated rings. The molecule has 0 radical (unpaired) electrons. The Balaban J connectivity index is 1.49. The number of amides is 1. The van der Waals surface area contributed by atoms with E-state index in [9.17, 15) is 9.18 Å². The molecule has 1 heterocycles. The lowest BCUT2D eigenvalue weighted by molar-refractivity contribution is 0.102. The van der Waals surface area contributed by atoms with Crippen LogP contribution in [0.5, 0.6) is 0 Å². The molecule has 0 aliphatic heterocycles. The van der Waals surface area contributed by atoms with E-state index in [0.29, 0.717) is 17.1 Å². The smallest absolute Gasteiger partial charge is 0.255 e. The van der Waals surface area contributed by atoms with Crippen molar-refractivity contribution in [2.45, 2.75) is 19.9 Å². The molecule has 5 nitrogen and oxygen atoms in total. The number of aromatic nitrogens is 2. The molecule has 0 spiro atoms. The summed E-state index contributed by atoms with van der Waals surface area (Å²) in [5.41, 5.74) is 3.93. The van der Waals surface area contributed by atoms with Gasteiger partial charge in [-0.2, -0.15) is 0 Å². The zero-order valence-electron chi connectivity index (χ0n) is 17.0. The molecular formula is C24H20ClFN4O. The zero-order valence-corrected chi connectivity index (χ0v) is 17.7. The summed E-state index contributed by atoms with van der Waals surface area (Å²) >= 11 is 6.11. The van der Waals surface area contributed by atoms with Crippen LogP contribution in [0.1, 0.15) is 34.5 Å². The maximum absolute atomic E-state index is 13.0. The van der Waals surface area contributed by atoms with E-state index in [1.54, 1.807) is 0 Å². The van der Waals surface area contributed by atoms with Crippen LogP contribution in [-0.2, 0) is 0 Å². The Kier molecular flexibility index (Phi) is 5.82. The molecular weight excluding hydrogens is 415 g/mol. The first-order valence-corrected chi connectivity index (χ1v) is 10.1. The van der Waals surface area contributed by atoms with Gasteiger partial charge in [0.1, 0.15) is 11.6 Å². The van der Waals surface area contributed by atoms with Crippen molar-refractivity contribution in [2.75, 3.05) is 10.6 Å². The Hall–Kier alpha value is -3.51. The Morgan fingerprint density at radius 2 is 1.71 bits per heavy atom. The van der Waals surface area contributed by atoms with Crippen LogP contribution >= 0.6 is 11.6 Å². The predicted molar refractivity (Wildman–Crippen MR) is 122 cm³/mol. The molecule has 4 rings (SSSR count). The van der Waals surface area contributed by atoms with Crippen LogP contribution < -0.4 is 10.6 Å². The standard InChI is InChI=1S/C24H20ClFN4O/c1-14-3-12-20-21(13-14)29-24(25)30-22(20)27-15(2)16-6-10-19(11-7-16)28-23(31)17-4-8-18(26)9-5-17/h3-13,15H,1-2H3,(H,28,31)(H,27,29,30)/t15-/m0/s1. The van der Waals surface area contributed by atoms with Gasteiger partial charge in [-0.1, -0.05) is 18.2 Å². The topological polar surface area (TPSA) is 66.9 Å². The van der Waals surface area contributed by atoms with Gasteiger partial charge in [-0.3, -0.25) is 4.79 Å². The van der Waals surface area contributed by atoms with Gasteiger partial charge in [0.05, 0.1) is 5.52 Å². The highest BCUT2D eigenvalue weighted by atomic mass is 35.5. The third-order valence-corrected chi connectivity index (χ3v) is 5.12. The normalized spacial score (nSPS) is 11.9. The first-order valence-electron chi connectivity index (χ1n) is 9.76. The number of aryl methyl sites for hydroxylation is 1. The van der Waals surface area contributed by atoms with Crippen molar-refractivity contribution >= 4 is 39.9 Å². The van der Waals surface area contributed by atoms with E-state index in [2.05, 4.69) is 20.6 Å². The van der Waals surface area contributed by atoms with Gasteiger partial charge >= 0.3 is 0 Å². The van der Waals surface area contributed by atoms with Crippen LogP contribution in [0.15, 0.2) is 66.7 Å². The highest BCUT2D eigenvalue weighted by molar-refractivity contribution is 6.28. The fourth-order valence-corrected chi connectivity index (χ4v) is 3.44. The quantitative estimate of drug-likeness (QED) is 0.369. The number of fused-ring (bicyclic) bond motifs is 1. The van der Waals surface area contributed by atoms with Crippen molar-refractivity contribution < 1.29 is 9.18 Å². The lowest BCUT2D eigenvalue weighted by Gasteiger charge is -2.17. The van der Waals surface area contributed by atoms with Gasteiger partial charge < -0.3 is 10.6 Å². The third kappa shape index (κ3) is 4.81. The van der Waals surface area contributed by atoms with E-state index < -0.39 is 0 Å². The fourth-order valence-electron chi connectivity index (χ4n) is 3.27. The van der Waals surface area contributed by atoms with E-state index in [1.807, 2.05) is 56.3 Å². The van der Waals surface area contributed by atoms with Crippen molar-refractivity contribution in [3.63, 3.8) is 0 Å². The molecule has 0 aliphatic carbocycles. The molecule has 0 aliphatic rings. The largest absolute Gasteiger partial charge is 0.363 e. The average molecular weight is 435 g/mol. The summed E-state index contributed by atoms with van der Waals surface area (Å²) in [6.07, 6.45) is 0. The molecule has 31 heavy (non-hydrogen) atoms. The first kappa shape index (κ1) is 20.8. The predicted octanol–water partition coefficient (Wildman–Crippen LogP) is 6.16. The number of hydrogen-bond acceptors (Lipinski definition) is 4. The average Bonchev–Trinajstić information content (AvgIpc) is 2.74. The summed E-state index contributed by atoms with van der Waals surface area (Å²) in [5, 5.41) is 7.29. The fraction of sp³-hybridized carbons (Fsp3) is 0.125. The van der Waals surface area contributed by atoms with E-state index in [1.165, 1.54) is 24.3 Å². The highest BCUT2D eigenvalue weighted by Crippen LogP contribution is 2.27. The van der Waals surface area contributed by atoms with Crippen molar-refractivity contribution in [2.24, 2.45) is 0 Å². The van der Waals surface area contributed by atoms with E-state index in [-0.39, 0.29) is 23.0 Å². The summed E-state index contributed by atoms with van der Waals surface area (Å²) in [7, 11) is 0. The molecule has 1 atom stereocenters. The molecule has 0 saturated heterocycles. The maximum atomic E-state index is 13.0. The Morgan fingerprint density at radius 1 is 1.00 bits per heavy atom. The summed E-state index contributed by atoms with van der Waals surface area (Å²) in [5.74, 6) is -0.0113. The molecule has 156 valence electrons. The molecule has 1 amide bonds. The Labute approximate surface area is 184 Å². The maximum Gasteiger partial charge on any atom is 0.255 e. The minimum Gasteiger partial charge on any atom is -0.363 e. The van der Waals surface area contributed by atoms with Crippen molar-refractivity contribution in [1.82, 2.24) is 9.97 Å². The molecule has 4 aromatic rings. The van der Waals surface area contributed by atoms with Crippen LogP contribution in [0.2, 0.25) is 5.28 Å². The lowest BCUT2D eigenvalue weighted by Crippen LogP contribution is -2.12. The zero-order chi connectivity index (χ0) is 22.0. The molecule has 1 aromatic heterocycles. The van der Waals surface area contributed by atoms with Crippen LogP contribution in [0.4, 0.5) is 15.9 Å². The van der Waals surface area contributed by atoms with Crippen molar-refractivity contribution in [1.29, 1.82) is 0 Å². The molecule has 7 heteroatoms. The molecule has 0 unspecified atom stereocenters. The van der Waals surface area contributed by atoms with Crippen LogP contribution in [0.25, 0.3) is 10.9 Å². The van der Waals surface area contributed by atoms with E-state index in [4.69, 9.17) is 11.6 Å². The number of halogens is 2. The second kappa shape index (κ2) is 8.70. The third-order valence-electron chi connectivity index (χ3n) is 4.95. The summed E-state index contributed by atoms with van der Waals surface area (Å²) in [6.45, 7) is 4.02. The monoisotopic (exact) mass is 434 g/mol. The number of rotatable bonds is 5. The minimum atomic E-state index is -0.379. The minimum absolute atomic E-state index is 0.0580. The van der Waals surface area contributed by atoms with Gasteiger partial charge in [0.15, 0.2) is 0 Å². The number of nitrogens with one attached hydrogen (secondary N) is 2. The number of anilines is 2. The second-order valence-corrected chi connectivity index (χ2v) is 7.65. The number of hydrogen-bond donors (Lipinski definition) is 2. The summed E-state index contributed by atoms with van der Waals surface area (Å²) in [6, 6.07) is 18.8. The second-order valence-electron chi connectivity index (χ2n) is 7.31. The van der Waals surface area contributed by atoms with Gasteiger partial charge in [0.2, 0.25) is 5.28 Å². The van der Waals surface area contributed by atoms with Gasteiger partial charge in [-0.15, -0.1) is 0 Å². The van der Waals surface area contributed by atoms with Gasteiger partial charge in [-0.05, 0) is 85.1 Å². The molecule has 0 saturated carbocycles. The Bertz CT molecular complexity index is 1240. The van der Waals surface area contributed by atoms with Gasteiger partial charge in [0.25, 0.3) is 5.91 Å². The lowest BCUT2D eigenvalue weighted by atomic mass is 10.1. The van der Waals surface area contributed by atoms with Crippen molar-refractivity contribution in [3.05, 3.63) is 94.5 Å². The number of carbonyl (C=O) groups is 1. The summed E-state index contributed by atoms with van der Waals surface area (Å²) in [4.78, 5) is 20.9. The van der Waals surface area contributed by atoms with Crippen molar-refractivity contribution in [3.8, 4) is 0 Å². The number of nitrogens with zero attached hydrogens (tertiary/aromatic N) is 2. The van der Waals surface area contributed by atoms with Gasteiger partial charge in [-0.25, -0.2) is 14.4 Å². The van der Waals surface area contributed by atoms with Crippen LogP contribution in [-0.4, -0.2) is 15.9 Å². The molecule has 2 N–H and O–H groups in total. The molecule has 0 bridgehead atoms. The van der Waals surface area contributed by atoms with Gasteiger partial charge in [0, 0.05) is 22.7 Å². The highest BCUT2D eigenvalue weighted by Gasteiger charge is 2.12. The molecule has 3 aromatic carbocycles. The van der Waals surface area contributed by atoms with Crippen LogP contribution in [0.3, 0.4) is 0 Å². The van der Waals surface area contributed by atoms with Crippen LogP contribution in [0, 0.1) is 12.7 Å².